The molecule has 1 aromatic heterocycles. The average Bonchev–Trinajstić information content (AvgIpc) is 2.64. The molecule has 0 aromatic carbocycles. The average molecular weight is 313 g/mol. The van der Waals surface area contributed by atoms with Gasteiger partial charge in [0.15, 0.2) is 0 Å². The van der Waals surface area contributed by atoms with Crippen molar-refractivity contribution in [2.75, 3.05) is 0 Å². The fraction of sp³-hybridized carbons (Fsp3) is 0.538. The van der Waals surface area contributed by atoms with E-state index < -0.39 is 16.0 Å². The third-order valence-corrected chi connectivity index (χ3v) is 5.23. The van der Waals surface area contributed by atoms with Gasteiger partial charge in [0.1, 0.15) is 11.4 Å². The number of sulfonamides is 1. The lowest BCUT2D eigenvalue weighted by Crippen LogP contribution is -2.35. The number of carboxylic acids is 1. The van der Waals surface area contributed by atoms with Gasteiger partial charge in [-0.3, -0.25) is 9.48 Å². The van der Waals surface area contributed by atoms with Gasteiger partial charge >= 0.3 is 5.97 Å². The number of hydrogen-bond donors (Lipinski definition) is 2. The zero-order valence-corrected chi connectivity index (χ0v) is 12.9. The molecule has 0 aliphatic heterocycles. The Labute approximate surface area is 123 Å². The minimum Gasteiger partial charge on any atom is -0.480 e. The minimum absolute atomic E-state index is 0.0818. The molecule has 1 unspecified atom stereocenters. The monoisotopic (exact) mass is 313 g/mol. The molecule has 2 rings (SSSR count). The van der Waals surface area contributed by atoms with Crippen molar-refractivity contribution in [2.45, 2.75) is 50.6 Å². The lowest BCUT2D eigenvalue weighted by Gasteiger charge is -2.19. The quantitative estimate of drug-likeness (QED) is 0.789. The van der Waals surface area contributed by atoms with Crippen molar-refractivity contribution in [3.05, 3.63) is 23.5 Å². The first-order valence-corrected chi connectivity index (χ1v) is 8.22. The van der Waals surface area contributed by atoms with Crippen LogP contribution in [0.2, 0.25) is 0 Å². The van der Waals surface area contributed by atoms with Crippen molar-refractivity contribution in [3.63, 3.8) is 0 Å². The Balaban J connectivity index is 2.29. The van der Waals surface area contributed by atoms with Gasteiger partial charge < -0.3 is 5.11 Å². The third kappa shape index (κ3) is 3.51. The highest BCUT2D eigenvalue weighted by atomic mass is 32.2. The highest BCUT2D eigenvalue weighted by molar-refractivity contribution is 7.89. The Morgan fingerprint density at radius 2 is 2.19 bits per heavy atom. The fourth-order valence-corrected chi connectivity index (χ4v) is 4.23. The number of allylic oxidation sites excluding steroid dienone is 1. The van der Waals surface area contributed by atoms with E-state index in [1.165, 1.54) is 4.68 Å². The summed E-state index contributed by atoms with van der Waals surface area (Å²) in [6.07, 6.45) is 6.28. The van der Waals surface area contributed by atoms with E-state index >= 15 is 0 Å². The molecule has 0 saturated carbocycles. The Kier molecular flexibility index (Phi) is 4.48. The first-order chi connectivity index (χ1) is 9.81. The van der Waals surface area contributed by atoms with E-state index in [1.807, 2.05) is 12.2 Å². The molecular formula is C13H19N3O4S. The third-order valence-electron chi connectivity index (χ3n) is 3.46. The Morgan fingerprint density at radius 1 is 1.48 bits per heavy atom. The maximum absolute atomic E-state index is 12.5. The van der Waals surface area contributed by atoms with Crippen LogP contribution in [0.5, 0.6) is 0 Å². The van der Waals surface area contributed by atoms with Crippen LogP contribution >= 0.6 is 0 Å². The van der Waals surface area contributed by atoms with Crippen LogP contribution in [0.15, 0.2) is 17.0 Å². The van der Waals surface area contributed by atoms with Crippen LogP contribution in [0.25, 0.3) is 0 Å². The van der Waals surface area contributed by atoms with E-state index in [1.54, 1.807) is 13.8 Å². The molecule has 0 bridgehead atoms. The first kappa shape index (κ1) is 15.7. The van der Waals surface area contributed by atoms with E-state index in [-0.39, 0.29) is 17.5 Å². The van der Waals surface area contributed by atoms with Crippen LogP contribution in [-0.4, -0.2) is 35.3 Å². The molecule has 0 fully saturated rings. The summed E-state index contributed by atoms with van der Waals surface area (Å²) >= 11 is 0. The van der Waals surface area contributed by atoms with E-state index in [4.69, 9.17) is 5.11 Å². The van der Waals surface area contributed by atoms with Crippen LogP contribution < -0.4 is 4.72 Å². The smallest absolute Gasteiger partial charge is 0.325 e. The summed E-state index contributed by atoms with van der Waals surface area (Å²) < 4.78 is 28.9. The lowest BCUT2D eigenvalue weighted by atomic mass is 10.0. The number of nitrogens with one attached hydrogen (secondary N) is 1. The maximum Gasteiger partial charge on any atom is 0.325 e. The van der Waals surface area contributed by atoms with Gasteiger partial charge in [0.25, 0.3) is 0 Å². The van der Waals surface area contributed by atoms with Gasteiger partial charge in [0, 0.05) is 6.04 Å². The summed E-state index contributed by atoms with van der Waals surface area (Å²) in [5, 5.41) is 12.8. The second kappa shape index (κ2) is 5.98. The van der Waals surface area contributed by atoms with E-state index in [2.05, 4.69) is 9.82 Å². The molecule has 2 N–H and O–H groups in total. The summed E-state index contributed by atoms with van der Waals surface area (Å²) in [4.78, 5) is 10.9. The number of hydrogen-bond acceptors (Lipinski definition) is 4. The molecule has 1 atom stereocenters. The number of carbonyl (C=O) groups is 1. The molecule has 1 aliphatic carbocycles. The summed E-state index contributed by atoms with van der Waals surface area (Å²) in [5.74, 6) is -1.06. The second-order valence-corrected chi connectivity index (χ2v) is 6.80. The van der Waals surface area contributed by atoms with Gasteiger partial charge in [-0.2, -0.15) is 5.10 Å². The number of nitrogens with zero attached hydrogens (tertiary/aromatic N) is 2. The SMILES string of the molecule is Cc1nn(CC(=O)O)c(C)c1S(=O)(=O)NC1CC=CCC1. The molecule has 0 amide bonds. The van der Waals surface area contributed by atoms with E-state index in [0.717, 1.165) is 12.8 Å². The molecule has 1 aliphatic rings. The fourth-order valence-electron chi connectivity index (χ4n) is 2.53. The van der Waals surface area contributed by atoms with Gasteiger partial charge in [-0.25, -0.2) is 13.1 Å². The van der Waals surface area contributed by atoms with Crippen molar-refractivity contribution in [3.8, 4) is 0 Å². The molecule has 8 heteroatoms. The highest BCUT2D eigenvalue weighted by Gasteiger charge is 2.27. The Hall–Kier alpha value is -1.67. The van der Waals surface area contributed by atoms with Crippen LogP contribution in [-0.2, 0) is 21.4 Å². The molecule has 21 heavy (non-hydrogen) atoms. The minimum atomic E-state index is -3.70. The normalized spacial score (nSPS) is 18.9. The van der Waals surface area contributed by atoms with Crippen molar-refractivity contribution in [2.24, 2.45) is 0 Å². The molecule has 1 heterocycles. The van der Waals surface area contributed by atoms with Gasteiger partial charge in [0.05, 0.1) is 11.4 Å². The molecular weight excluding hydrogens is 294 g/mol. The second-order valence-electron chi connectivity index (χ2n) is 5.15. The molecule has 116 valence electrons. The number of rotatable bonds is 5. The lowest BCUT2D eigenvalue weighted by molar-refractivity contribution is -0.137. The molecule has 1 aromatic rings. The number of carboxylic acid groups (broad SMARTS) is 1. The summed E-state index contributed by atoms with van der Waals surface area (Å²) in [7, 11) is -3.70. The van der Waals surface area contributed by atoms with Crippen molar-refractivity contribution in [1.82, 2.24) is 14.5 Å². The van der Waals surface area contributed by atoms with E-state index in [9.17, 15) is 13.2 Å². The Morgan fingerprint density at radius 3 is 2.76 bits per heavy atom. The summed E-state index contributed by atoms with van der Waals surface area (Å²) in [5.41, 5.74) is 0.654. The van der Waals surface area contributed by atoms with Crippen LogP contribution in [0.3, 0.4) is 0 Å². The van der Waals surface area contributed by atoms with Crippen molar-refractivity contribution in [1.29, 1.82) is 0 Å². The predicted molar refractivity (Wildman–Crippen MR) is 76.4 cm³/mol. The van der Waals surface area contributed by atoms with Crippen molar-refractivity contribution >= 4 is 16.0 Å². The van der Waals surface area contributed by atoms with Crippen LogP contribution in [0.4, 0.5) is 0 Å². The number of aromatic nitrogens is 2. The highest BCUT2D eigenvalue weighted by Crippen LogP contribution is 2.21. The van der Waals surface area contributed by atoms with Crippen LogP contribution in [0.1, 0.15) is 30.7 Å². The standard InChI is InChI=1S/C13H19N3O4S/c1-9-13(10(2)16(14-9)8-12(17)18)21(19,20)15-11-6-4-3-5-7-11/h3-4,11,15H,5-8H2,1-2H3,(H,17,18). The molecule has 0 radical (unpaired) electrons. The van der Waals surface area contributed by atoms with Crippen molar-refractivity contribution < 1.29 is 18.3 Å². The van der Waals surface area contributed by atoms with Gasteiger partial charge in [0.2, 0.25) is 10.0 Å². The summed E-state index contributed by atoms with van der Waals surface area (Å²) in [6.45, 7) is 2.79. The molecule has 7 nitrogen and oxygen atoms in total. The predicted octanol–water partition coefficient (Wildman–Crippen LogP) is 0.972. The maximum atomic E-state index is 12.5. The topological polar surface area (TPSA) is 101 Å². The largest absolute Gasteiger partial charge is 0.480 e. The Bertz CT molecular complexity index is 676. The van der Waals surface area contributed by atoms with E-state index in [0.29, 0.717) is 17.8 Å². The molecule has 0 spiro atoms. The number of aliphatic carboxylic acids is 1. The van der Waals surface area contributed by atoms with Gasteiger partial charge in [-0.05, 0) is 33.1 Å². The van der Waals surface area contributed by atoms with Gasteiger partial charge in [-0.1, -0.05) is 12.2 Å². The van der Waals surface area contributed by atoms with Crippen LogP contribution in [0, 0.1) is 13.8 Å². The zero-order valence-electron chi connectivity index (χ0n) is 12.0. The molecule has 0 saturated heterocycles. The first-order valence-electron chi connectivity index (χ1n) is 6.74. The van der Waals surface area contributed by atoms with Gasteiger partial charge in [-0.15, -0.1) is 0 Å². The number of aryl methyl sites for hydroxylation is 1. The zero-order chi connectivity index (χ0) is 15.6. The summed E-state index contributed by atoms with van der Waals surface area (Å²) in [6, 6.07) is -0.123.